The van der Waals surface area contributed by atoms with E-state index in [4.69, 9.17) is 0 Å². The van der Waals surface area contributed by atoms with Crippen molar-refractivity contribution < 1.29 is 4.79 Å². The molecule has 2 N–H and O–H groups in total. The Bertz CT molecular complexity index is 558. The molecular weight excluding hydrogens is 236 g/mol. The predicted octanol–water partition coefficient (Wildman–Crippen LogP) is 3.17. The summed E-state index contributed by atoms with van der Waals surface area (Å²) < 4.78 is 0. The van der Waals surface area contributed by atoms with Crippen molar-refractivity contribution >= 4 is 22.4 Å². The van der Waals surface area contributed by atoms with Gasteiger partial charge in [0, 0.05) is 30.1 Å². The molecular formula is C16H20N2O. The summed E-state index contributed by atoms with van der Waals surface area (Å²) in [6.45, 7) is 4.58. The summed E-state index contributed by atoms with van der Waals surface area (Å²) in [7, 11) is 0. The first-order chi connectivity index (χ1) is 9.16. The third-order valence-corrected chi connectivity index (χ3v) is 2.91. The molecule has 0 heterocycles. The molecule has 0 atom stereocenters. The molecule has 0 aliphatic rings. The first-order valence-corrected chi connectivity index (χ1v) is 6.68. The van der Waals surface area contributed by atoms with E-state index in [1.807, 2.05) is 38.1 Å². The average Bonchev–Trinajstić information content (AvgIpc) is 2.38. The van der Waals surface area contributed by atoms with Crippen LogP contribution in [0.1, 0.15) is 20.3 Å². The Morgan fingerprint density at radius 1 is 1.11 bits per heavy atom. The number of carbonyl (C=O) groups is 1. The molecule has 0 aromatic heterocycles. The van der Waals surface area contributed by atoms with E-state index < -0.39 is 0 Å². The number of amides is 1. The summed E-state index contributed by atoms with van der Waals surface area (Å²) in [6.07, 6.45) is 0.488. The maximum absolute atomic E-state index is 11.6. The van der Waals surface area contributed by atoms with E-state index in [9.17, 15) is 4.79 Å². The van der Waals surface area contributed by atoms with Crippen molar-refractivity contribution in [2.24, 2.45) is 0 Å². The van der Waals surface area contributed by atoms with Crippen molar-refractivity contribution in [2.45, 2.75) is 26.3 Å². The van der Waals surface area contributed by atoms with Gasteiger partial charge in [-0.25, -0.2) is 0 Å². The molecule has 2 aromatic rings. The van der Waals surface area contributed by atoms with Crippen molar-refractivity contribution in [1.29, 1.82) is 0 Å². The van der Waals surface area contributed by atoms with E-state index in [2.05, 4.69) is 28.8 Å². The van der Waals surface area contributed by atoms with Gasteiger partial charge in [0.05, 0.1) is 0 Å². The standard InChI is InChI=1S/C16H20N2O/c1-12(2)18-16(19)10-11-17-15-9-5-7-13-6-3-4-8-14(13)15/h3-9,12,17H,10-11H2,1-2H3,(H,18,19). The van der Waals surface area contributed by atoms with Crippen LogP contribution in [0.15, 0.2) is 42.5 Å². The van der Waals surface area contributed by atoms with Crippen LogP contribution in [0.2, 0.25) is 0 Å². The van der Waals surface area contributed by atoms with Crippen LogP contribution in [0.5, 0.6) is 0 Å². The highest BCUT2D eigenvalue weighted by atomic mass is 16.1. The van der Waals surface area contributed by atoms with E-state index in [1.54, 1.807) is 0 Å². The second kappa shape index (κ2) is 6.23. The van der Waals surface area contributed by atoms with E-state index >= 15 is 0 Å². The highest BCUT2D eigenvalue weighted by Gasteiger charge is 2.03. The van der Waals surface area contributed by atoms with Crippen LogP contribution < -0.4 is 10.6 Å². The lowest BCUT2D eigenvalue weighted by Crippen LogP contribution is -2.31. The van der Waals surface area contributed by atoms with Gasteiger partial charge in [0.2, 0.25) is 5.91 Å². The molecule has 0 unspecified atom stereocenters. The monoisotopic (exact) mass is 256 g/mol. The quantitative estimate of drug-likeness (QED) is 0.862. The molecule has 3 nitrogen and oxygen atoms in total. The molecule has 0 aliphatic carbocycles. The number of nitrogens with one attached hydrogen (secondary N) is 2. The zero-order valence-electron chi connectivity index (χ0n) is 11.4. The third kappa shape index (κ3) is 3.71. The molecule has 0 aliphatic heterocycles. The lowest BCUT2D eigenvalue weighted by molar-refractivity contribution is -0.121. The predicted molar refractivity (Wildman–Crippen MR) is 80.3 cm³/mol. The Kier molecular flexibility index (Phi) is 4.39. The Balaban J connectivity index is 1.97. The Labute approximate surface area is 114 Å². The maximum atomic E-state index is 11.6. The van der Waals surface area contributed by atoms with Gasteiger partial charge in [-0.2, -0.15) is 0 Å². The van der Waals surface area contributed by atoms with Gasteiger partial charge < -0.3 is 10.6 Å². The molecule has 0 saturated heterocycles. The SMILES string of the molecule is CC(C)NC(=O)CCNc1cccc2ccccc12. The zero-order valence-corrected chi connectivity index (χ0v) is 11.4. The first-order valence-electron chi connectivity index (χ1n) is 6.68. The van der Waals surface area contributed by atoms with E-state index in [0.717, 1.165) is 5.69 Å². The Morgan fingerprint density at radius 2 is 1.84 bits per heavy atom. The fourth-order valence-electron chi connectivity index (χ4n) is 2.08. The number of benzene rings is 2. The van der Waals surface area contributed by atoms with Crippen molar-refractivity contribution in [2.75, 3.05) is 11.9 Å². The summed E-state index contributed by atoms with van der Waals surface area (Å²) in [5.41, 5.74) is 1.08. The number of carbonyl (C=O) groups excluding carboxylic acids is 1. The van der Waals surface area contributed by atoms with Gasteiger partial charge in [0.1, 0.15) is 0 Å². The molecule has 2 rings (SSSR count). The van der Waals surface area contributed by atoms with E-state index in [1.165, 1.54) is 10.8 Å². The number of fused-ring (bicyclic) bond motifs is 1. The third-order valence-electron chi connectivity index (χ3n) is 2.91. The Morgan fingerprint density at radius 3 is 2.63 bits per heavy atom. The van der Waals surface area contributed by atoms with Gasteiger partial charge in [-0.1, -0.05) is 36.4 Å². The summed E-state index contributed by atoms with van der Waals surface area (Å²) in [5, 5.41) is 8.61. The zero-order chi connectivity index (χ0) is 13.7. The lowest BCUT2D eigenvalue weighted by atomic mass is 10.1. The van der Waals surface area contributed by atoms with Gasteiger partial charge in [-0.15, -0.1) is 0 Å². The van der Waals surface area contributed by atoms with Crippen molar-refractivity contribution in [3.8, 4) is 0 Å². The fourth-order valence-corrected chi connectivity index (χ4v) is 2.08. The second-order valence-electron chi connectivity index (χ2n) is 4.93. The van der Waals surface area contributed by atoms with Crippen LogP contribution in [-0.4, -0.2) is 18.5 Å². The van der Waals surface area contributed by atoms with E-state index in [-0.39, 0.29) is 11.9 Å². The average molecular weight is 256 g/mol. The molecule has 100 valence electrons. The number of hydrogen-bond acceptors (Lipinski definition) is 2. The van der Waals surface area contributed by atoms with Crippen LogP contribution >= 0.6 is 0 Å². The minimum Gasteiger partial charge on any atom is -0.384 e. The topological polar surface area (TPSA) is 41.1 Å². The summed E-state index contributed by atoms with van der Waals surface area (Å²) in [5.74, 6) is 0.0859. The van der Waals surface area contributed by atoms with Crippen molar-refractivity contribution in [3.05, 3.63) is 42.5 Å². The van der Waals surface area contributed by atoms with Crippen LogP contribution in [0, 0.1) is 0 Å². The highest BCUT2D eigenvalue weighted by molar-refractivity contribution is 5.93. The van der Waals surface area contributed by atoms with Crippen LogP contribution in [-0.2, 0) is 4.79 Å². The molecule has 0 fully saturated rings. The minimum atomic E-state index is 0.0859. The van der Waals surface area contributed by atoms with Gasteiger partial charge >= 0.3 is 0 Å². The summed E-state index contributed by atoms with van der Waals surface area (Å²) >= 11 is 0. The van der Waals surface area contributed by atoms with Crippen LogP contribution in [0.4, 0.5) is 5.69 Å². The molecule has 19 heavy (non-hydrogen) atoms. The summed E-state index contributed by atoms with van der Waals surface area (Å²) in [4.78, 5) is 11.6. The van der Waals surface area contributed by atoms with E-state index in [0.29, 0.717) is 13.0 Å². The maximum Gasteiger partial charge on any atom is 0.221 e. The molecule has 3 heteroatoms. The smallest absolute Gasteiger partial charge is 0.221 e. The molecule has 0 saturated carbocycles. The largest absolute Gasteiger partial charge is 0.384 e. The van der Waals surface area contributed by atoms with Gasteiger partial charge in [-0.05, 0) is 25.3 Å². The number of anilines is 1. The second-order valence-corrected chi connectivity index (χ2v) is 4.93. The molecule has 0 spiro atoms. The van der Waals surface area contributed by atoms with Gasteiger partial charge in [-0.3, -0.25) is 4.79 Å². The van der Waals surface area contributed by atoms with Gasteiger partial charge in [0.25, 0.3) is 0 Å². The van der Waals surface area contributed by atoms with Crippen LogP contribution in [0.25, 0.3) is 10.8 Å². The first kappa shape index (κ1) is 13.4. The van der Waals surface area contributed by atoms with Crippen molar-refractivity contribution in [3.63, 3.8) is 0 Å². The normalized spacial score (nSPS) is 10.7. The molecule has 0 radical (unpaired) electrons. The lowest BCUT2D eigenvalue weighted by Gasteiger charge is -2.11. The molecule has 1 amide bonds. The molecule has 2 aromatic carbocycles. The molecule has 0 bridgehead atoms. The fraction of sp³-hybridized carbons (Fsp3) is 0.312. The minimum absolute atomic E-state index is 0.0859. The van der Waals surface area contributed by atoms with Crippen LogP contribution in [0.3, 0.4) is 0 Å². The Hall–Kier alpha value is -2.03. The highest BCUT2D eigenvalue weighted by Crippen LogP contribution is 2.22. The van der Waals surface area contributed by atoms with Gasteiger partial charge in [0.15, 0.2) is 0 Å². The summed E-state index contributed by atoms with van der Waals surface area (Å²) in [6, 6.07) is 14.6. The number of rotatable bonds is 5. The van der Waals surface area contributed by atoms with Crippen molar-refractivity contribution in [1.82, 2.24) is 5.32 Å². The number of hydrogen-bond donors (Lipinski definition) is 2.